The molecule has 2 aromatic rings. The van der Waals surface area contributed by atoms with Gasteiger partial charge in [0.2, 0.25) is 0 Å². The zero-order valence-electron chi connectivity index (χ0n) is 9.89. The van der Waals surface area contributed by atoms with Crippen molar-refractivity contribution in [3.05, 3.63) is 71.8 Å². The van der Waals surface area contributed by atoms with Gasteiger partial charge in [0.15, 0.2) is 0 Å². The van der Waals surface area contributed by atoms with Crippen LogP contribution in [0.5, 0.6) is 0 Å². The molecule has 0 aliphatic rings. The number of hydrogen-bond acceptors (Lipinski definition) is 0. The first-order chi connectivity index (χ1) is 8.36. The first-order valence-electron chi connectivity index (χ1n) is 6.03. The Labute approximate surface area is 118 Å². The molecule has 0 saturated carbocycles. The monoisotopic (exact) mass is 388 g/mol. The topological polar surface area (TPSA) is 0 Å². The van der Waals surface area contributed by atoms with Crippen molar-refractivity contribution < 1.29 is 23.9 Å². The molecule has 0 heterocycles. The summed E-state index contributed by atoms with van der Waals surface area (Å²) >= 11 is 1.17. The van der Waals surface area contributed by atoms with Crippen molar-refractivity contribution in [2.75, 3.05) is 0 Å². The molecule has 0 bridgehead atoms. The Bertz CT molecular complexity index is 459. The van der Waals surface area contributed by atoms with Crippen LogP contribution in [0.15, 0.2) is 60.7 Å². The van der Waals surface area contributed by atoms with E-state index in [1.165, 1.54) is 54.3 Å². The van der Waals surface area contributed by atoms with Gasteiger partial charge in [-0.1, -0.05) is 0 Å². The SMILES string of the molecule is [Hf+2]=[C](CCCc1ccccc1)c1ccccc1. The van der Waals surface area contributed by atoms with E-state index in [1.807, 2.05) is 0 Å². The van der Waals surface area contributed by atoms with Crippen molar-refractivity contribution in [1.82, 2.24) is 0 Å². The van der Waals surface area contributed by atoms with Crippen molar-refractivity contribution >= 4 is 3.26 Å². The average molecular weight is 387 g/mol. The Morgan fingerprint density at radius 1 is 0.824 bits per heavy atom. The summed E-state index contributed by atoms with van der Waals surface area (Å²) in [5.41, 5.74) is 2.89. The molecule has 17 heavy (non-hydrogen) atoms. The summed E-state index contributed by atoms with van der Waals surface area (Å²) < 4.78 is 1.63. The van der Waals surface area contributed by atoms with Gasteiger partial charge < -0.3 is 0 Å². The Hall–Kier alpha value is -0.820. The summed E-state index contributed by atoms with van der Waals surface area (Å²) in [5, 5.41) is 0. The molecule has 0 unspecified atom stereocenters. The molecule has 0 N–H and O–H groups in total. The van der Waals surface area contributed by atoms with Gasteiger partial charge in [-0.2, -0.15) is 0 Å². The molecular weight excluding hydrogens is 371 g/mol. The molecule has 0 aliphatic heterocycles. The third kappa shape index (κ3) is 4.16. The van der Waals surface area contributed by atoms with Gasteiger partial charge in [0.25, 0.3) is 0 Å². The van der Waals surface area contributed by atoms with Crippen LogP contribution in [0, 0.1) is 0 Å². The molecule has 0 spiro atoms. The Morgan fingerprint density at radius 2 is 1.41 bits per heavy atom. The van der Waals surface area contributed by atoms with E-state index >= 15 is 0 Å². The first-order valence-corrected chi connectivity index (χ1v) is 7.82. The zero-order chi connectivity index (χ0) is 11.9. The molecule has 82 valence electrons. The van der Waals surface area contributed by atoms with Gasteiger partial charge in [-0.15, -0.1) is 0 Å². The van der Waals surface area contributed by atoms with Crippen molar-refractivity contribution in [1.29, 1.82) is 0 Å². The molecule has 0 amide bonds. The van der Waals surface area contributed by atoms with Gasteiger partial charge in [-0.05, 0) is 0 Å². The fourth-order valence-corrected chi connectivity index (χ4v) is 3.13. The van der Waals surface area contributed by atoms with Crippen LogP contribution in [0.4, 0.5) is 0 Å². The summed E-state index contributed by atoms with van der Waals surface area (Å²) in [6.07, 6.45) is 3.70. The molecule has 0 atom stereocenters. The van der Waals surface area contributed by atoms with Crippen molar-refractivity contribution in [3.8, 4) is 0 Å². The van der Waals surface area contributed by atoms with Crippen molar-refractivity contribution in [3.63, 3.8) is 0 Å². The van der Waals surface area contributed by atoms with Crippen molar-refractivity contribution in [2.24, 2.45) is 0 Å². The third-order valence-electron chi connectivity index (χ3n) is 2.86. The summed E-state index contributed by atoms with van der Waals surface area (Å²) in [6.45, 7) is 0. The van der Waals surface area contributed by atoms with E-state index in [0.29, 0.717) is 0 Å². The summed E-state index contributed by atoms with van der Waals surface area (Å²) in [6, 6.07) is 21.6. The second-order valence-electron chi connectivity index (χ2n) is 4.18. The molecular formula is C16H16Hf+2. The number of aryl methyl sites for hydroxylation is 1. The summed E-state index contributed by atoms with van der Waals surface area (Å²) in [5.74, 6) is 0. The van der Waals surface area contributed by atoms with E-state index in [9.17, 15) is 0 Å². The molecule has 1 heteroatoms. The predicted molar refractivity (Wildman–Crippen MR) is 69.9 cm³/mol. The number of hydrogen-bond donors (Lipinski definition) is 0. The Balaban J connectivity index is 1.82. The molecule has 2 rings (SSSR count). The van der Waals surface area contributed by atoms with Crippen LogP contribution in [0.3, 0.4) is 0 Å². The maximum absolute atomic E-state index is 2.23. The molecule has 0 aliphatic carbocycles. The Kier molecular flexibility index (Phi) is 5.06. The summed E-state index contributed by atoms with van der Waals surface area (Å²) in [4.78, 5) is 0. The van der Waals surface area contributed by atoms with Crippen LogP contribution >= 0.6 is 0 Å². The minimum absolute atomic E-state index is 1.17. The van der Waals surface area contributed by atoms with Gasteiger partial charge in [-0.3, -0.25) is 0 Å². The molecule has 0 saturated heterocycles. The predicted octanol–water partition coefficient (Wildman–Crippen LogP) is 3.78. The minimum atomic E-state index is 1.17. The van der Waals surface area contributed by atoms with Gasteiger partial charge in [0.05, 0.1) is 0 Å². The van der Waals surface area contributed by atoms with Crippen LogP contribution in [0.25, 0.3) is 0 Å². The zero-order valence-corrected chi connectivity index (χ0v) is 13.5. The third-order valence-corrected chi connectivity index (χ3v) is 4.79. The van der Waals surface area contributed by atoms with E-state index in [1.54, 1.807) is 3.26 Å². The van der Waals surface area contributed by atoms with Gasteiger partial charge in [0.1, 0.15) is 0 Å². The van der Waals surface area contributed by atoms with Gasteiger partial charge >= 0.3 is 118 Å². The van der Waals surface area contributed by atoms with E-state index in [0.717, 1.165) is 0 Å². The molecule has 0 nitrogen and oxygen atoms in total. The molecule has 0 fully saturated rings. The van der Waals surface area contributed by atoms with Crippen molar-refractivity contribution in [2.45, 2.75) is 19.3 Å². The van der Waals surface area contributed by atoms with Crippen LogP contribution in [0.1, 0.15) is 24.0 Å². The van der Waals surface area contributed by atoms with E-state index in [4.69, 9.17) is 0 Å². The average Bonchev–Trinajstić information content (AvgIpc) is 2.41. The molecule has 0 aromatic heterocycles. The number of benzene rings is 2. The molecule has 2 aromatic carbocycles. The fourth-order valence-electron chi connectivity index (χ4n) is 1.90. The van der Waals surface area contributed by atoms with Crippen LogP contribution in [-0.2, 0) is 30.3 Å². The van der Waals surface area contributed by atoms with Gasteiger partial charge in [0, 0.05) is 0 Å². The summed E-state index contributed by atoms with van der Waals surface area (Å²) in [7, 11) is 0. The van der Waals surface area contributed by atoms with E-state index in [-0.39, 0.29) is 0 Å². The second kappa shape index (κ2) is 6.80. The normalized spacial score (nSPS) is 10.2. The van der Waals surface area contributed by atoms with Crippen LogP contribution in [-0.4, -0.2) is 3.26 Å². The first kappa shape index (κ1) is 12.6. The van der Waals surface area contributed by atoms with Gasteiger partial charge in [-0.25, -0.2) is 0 Å². The standard InChI is InChI=1S/C16H16.Hf/c1-3-9-15(10-4-1)13-7-8-14-16-11-5-2-6-12-16;/h1-6,9-12H,7-8,13H2;/q;+2. The quantitative estimate of drug-likeness (QED) is 0.686. The number of rotatable bonds is 5. The Morgan fingerprint density at radius 3 is 2.06 bits per heavy atom. The second-order valence-corrected chi connectivity index (χ2v) is 6.35. The molecule has 0 radical (unpaired) electrons. The van der Waals surface area contributed by atoms with Crippen LogP contribution in [0.2, 0.25) is 0 Å². The van der Waals surface area contributed by atoms with E-state index < -0.39 is 0 Å². The fraction of sp³-hybridized carbons (Fsp3) is 0.188. The van der Waals surface area contributed by atoms with E-state index in [2.05, 4.69) is 60.7 Å². The maximum atomic E-state index is 2.23. The van der Waals surface area contributed by atoms with Crippen LogP contribution < -0.4 is 0 Å².